The van der Waals surface area contributed by atoms with Gasteiger partial charge in [-0.3, -0.25) is 0 Å². The van der Waals surface area contributed by atoms with Gasteiger partial charge in [-0.25, -0.2) is 0 Å². The van der Waals surface area contributed by atoms with E-state index in [4.69, 9.17) is 4.43 Å². The maximum atomic E-state index is 11.0. The van der Waals surface area contributed by atoms with Crippen molar-refractivity contribution in [2.24, 2.45) is 29.1 Å². The summed E-state index contributed by atoms with van der Waals surface area (Å²) in [5, 5.41) is 11.3. The largest absolute Gasteiger partial charge is 0.417 e. The van der Waals surface area contributed by atoms with Crippen LogP contribution in [-0.4, -0.2) is 25.6 Å². The van der Waals surface area contributed by atoms with E-state index in [1.807, 2.05) is 0 Å². The summed E-state index contributed by atoms with van der Waals surface area (Å²) in [5.74, 6) is 2.14. The highest BCUT2D eigenvalue weighted by Gasteiger charge is 2.55. The van der Waals surface area contributed by atoms with Gasteiger partial charge >= 0.3 is 0 Å². The van der Waals surface area contributed by atoms with E-state index >= 15 is 0 Å². The normalized spacial score (nSPS) is 36.7. The summed E-state index contributed by atoms with van der Waals surface area (Å²) in [7, 11) is -1.74. The van der Waals surface area contributed by atoms with Crippen LogP contribution in [0.25, 0.3) is 0 Å². The number of hydrogen-bond donors (Lipinski definition) is 1. The van der Waals surface area contributed by atoms with E-state index < -0.39 is 13.9 Å². The van der Waals surface area contributed by atoms with Gasteiger partial charge in [0.2, 0.25) is 0 Å². The van der Waals surface area contributed by atoms with Crippen LogP contribution >= 0.6 is 0 Å². The average molecular weight is 365 g/mol. The van der Waals surface area contributed by atoms with Crippen LogP contribution in [0.5, 0.6) is 0 Å². The highest BCUT2D eigenvalue weighted by molar-refractivity contribution is 6.74. The molecule has 144 valence electrons. The maximum absolute atomic E-state index is 11.0. The molecule has 0 heterocycles. The zero-order valence-corrected chi connectivity index (χ0v) is 18.7. The van der Waals surface area contributed by atoms with Crippen LogP contribution in [0, 0.1) is 29.1 Å². The van der Waals surface area contributed by atoms with Gasteiger partial charge in [0, 0.05) is 12.0 Å². The van der Waals surface area contributed by atoms with Gasteiger partial charge in [-0.2, -0.15) is 0 Å². The van der Waals surface area contributed by atoms with Crippen LogP contribution in [-0.2, 0) is 4.43 Å². The Morgan fingerprint density at radius 3 is 2.36 bits per heavy atom. The molecule has 3 aliphatic carbocycles. The van der Waals surface area contributed by atoms with Gasteiger partial charge < -0.3 is 9.53 Å². The molecule has 3 rings (SSSR count). The van der Waals surface area contributed by atoms with E-state index in [9.17, 15) is 5.11 Å². The molecule has 0 spiro atoms. The number of allylic oxidation sites excluding steroid dienone is 1. The second-order valence-corrected chi connectivity index (χ2v) is 15.4. The Hall–Kier alpha value is -0.383. The molecule has 1 saturated carbocycles. The molecule has 0 radical (unpaired) electrons. The van der Waals surface area contributed by atoms with Crippen molar-refractivity contribution in [3.8, 4) is 0 Å². The molecule has 3 aliphatic rings. The van der Waals surface area contributed by atoms with Crippen molar-refractivity contribution < 1.29 is 9.53 Å². The van der Waals surface area contributed by atoms with Crippen LogP contribution in [0.15, 0.2) is 24.8 Å². The molecule has 0 aromatic heterocycles. The lowest BCUT2D eigenvalue weighted by atomic mass is 9.51. The SMILES string of the molecule is C=C[C@@]1(O)C[C@H]2C=C[C@]1(C)C[C@H]2[C@H](CO[Si](C)(C)C(C)(C)C)C(C)C. The van der Waals surface area contributed by atoms with E-state index in [2.05, 4.69) is 73.4 Å². The van der Waals surface area contributed by atoms with Gasteiger partial charge in [0.15, 0.2) is 8.32 Å². The summed E-state index contributed by atoms with van der Waals surface area (Å²) in [4.78, 5) is 0. The van der Waals surface area contributed by atoms with Crippen molar-refractivity contribution in [2.45, 2.75) is 78.1 Å². The van der Waals surface area contributed by atoms with Crippen molar-refractivity contribution in [2.75, 3.05) is 6.61 Å². The number of hydrogen-bond acceptors (Lipinski definition) is 2. The molecule has 2 nitrogen and oxygen atoms in total. The first-order chi connectivity index (χ1) is 11.3. The summed E-state index contributed by atoms with van der Waals surface area (Å²) in [6.07, 6.45) is 8.20. The summed E-state index contributed by atoms with van der Waals surface area (Å²) in [6.45, 7) is 23.2. The highest BCUT2D eigenvalue weighted by atomic mass is 28.4. The van der Waals surface area contributed by atoms with E-state index in [0.717, 1.165) is 19.4 Å². The molecule has 5 atom stereocenters. The molecule has 0 aromatic carbocycles. The maximum Gasteiger partial charge on any atom is 0.191 e. The van der Waals surface area contributed by atoms with Crippen LogP contribution in [0.4, 0.5) is 0 Å². The summed E-state index contributed by atoms with van der Waals surface area (Å²) in [6, 6.07) is 0. The zero-order chi connectivity index (χ0) is 19.3. The molecule has 0 amide bonds. The molecular formula is C22H40O2Si. The lowest BCUT2D eigenvalue weighted by Gasteiger charge is -2.56. The molecule has 2 bridgehead atoms. The van der Waals surface area contributed by atoms with Crippen molar-refractivity contribution in [3.63, 3.8) is 0 Å². The number of aliphatic hydroxyl groups is 1. The minimum atomic E-state index is -1.74. The molecular weight excluding hydrogens is 324 g/mol. The molecule has 0 aliphatic heterocycles. The van der Waals surface area contributed by atoms with Crippen molar-refractivity contribution >= 4 is 8.32 Å². The van der Waals surface area contributed by atoms with Gasteiger partial charge in [0.1, 0.15) is 0 Å². The van der Waals surface area contributed by atoms with Gasteiger partial charge in [-0.05, 0) is 54.6 Å². The first-order valence-corrected chi connectivity index (χ1v) is 12.9. The Kier molecular flexibility index (Phi) is 5.57. The second kappa shape index (κ2) is 6.65. The molecule has 0 saturated heterocycles. The lowest BCUT2D eigenvalue weighted by molar-refractivity contribution is -0.0990. The third kappa shape index (κ3) is 3.70. The Morgan fingerprint density at radius 2 is 1.92 bits per heavy atom. The van der Waals surface area contributed by atoms with E-state index in [-0.39, 0.29) is 10.5 Å². The van der Waals surface area contributed by atoms with Gasteiger partial charge in [0.25, 0.3) is 0 Å². The predicted molar refractivity (Wildman–Crippen MR) is 110 cm³/mol. The van der Waals surface area contributed by atoms with Crippen LogP contribution in [0.3, 0.4) is 0 Å². The third-order valence-corrected chi connectivity index (χ3v) is 12.1. The number of fused-ring (bicyclic) bond motifs is 2. The van der Waals surface area contributed by atoms with E-state index in [0.29, 0.717) is 23.7 Å². The van der Waals surface area contributed by atoms with Crippen LogP contribution < -0.4 is 0 Å². The summed E-state index contributed by atoms with van der Waals surface area (Å²) >= 11 is 0. The predicted octanol–water partition coefficient (Wildman–Crippen LogP) is 5.80. The zero-order valence-electron chi connectivity index (χ0n) is 17.7. The van der Waals surface area contributed by atoms with Crippen molar-refractivity contribution in [1.29, 1.82) is 0 Å². The molecule has 1 N–H and O–H groups in total. The smallest absolute Gasteiger partial charge is 0.191 e. The third-order valence-electron chi connectivity index (χ3n) is 7.64. The monoisotopic (exact) mass is 364 g/mol. The van der Waals surface area contributed by atoms with E-state index in [1.54, 1.807) is 6.08 Å². The molecule has 1 fully saturated rings. The molecule has 3 heteroatoms. The van der Waals surface area contributed by atoms with Gasteiger partial charge in [-0.15, -0.1) is 6.58 Å². The topological polar surface area (TPSA) is 29.5 Å². The van der Waals surface area contributed by atoms with Crippen LogP contribution in [0.2, 0.25) is 18.1 Å². The molecule has 25 heavy (non-hydrogen) atoms. The Balaban J connectivity index is 2.18. The van der Waals surface area contributed by atoms with E-state index in [1.165, 1.54) is 0 Å². The standard InChI is InChI=1S/C22H40O2Si/c1-10-22(23)13-17-11-12-21(22,7)14-18(17)19(16(2)3)15-24-25(8,9)20(4,5)6/h10-12,16-19,23H,1,13-15H2,2-9H3/t17-,18-,19-,21-,22-/m1/s1. The Bertz CT molecular complexity index is 531. The first kappa shape index (κ1) is 20.9. The highest BCUT2D eigenvalue weighted by Crippen LogP contribution is 2.57. The Morgan fingerprint density at radius 1 is 1.32 bits per heavy atom. The van der Waals surface area contributed by atoms with Gasteiger partial charge in [0.05, 0.1) is 5.60 Å². The Labute approximate surface area is 156 Å². The summed E-state index contributed by atoms with van der Waals surface area (Å²) < 4.78 is 6.62. The summed E-state index contributed by atoms with van der Waals surface area (Å²) in [5.41, 5.74) is -0.955. The number of rotatable bonds is 6. The van der Waals surface area contributed by atoms with Gasteiger partial charge in [-0.1, -0.05) is 59.8 Å². The minimum Gasteiger partial charge on any atom is -0.417 e. The minimum absolute atomic E-state index is 0.196. The first-order valence-electron chi connectivity index (χ1n) is 9.96. The fourth-order valence-electron chi connectivity index (χ4n) is 4.44. The molecule has 0 aromatic rings. The van der Waals surface area contributed by atoms with Crippen LogP contribution in [0.1, 0.15) is 54.4 Å². The molecule has 0 unspecified atom stereocenters. The van der Waals surface area contributed by atoms with Crippen molar-refractivity contribution in [1.82, 2.24) is 0 Å². The average Bonchev–Trinajstić information content (AvgIpc) is 2.47. The fraction of sp³-hybridized carbons (Fsp3) is 0.818. The fourth-order valence-corrected chi connectivity index (χ4v) is 5.48. The quantitative estimate of drug-likeness (QED) is 0.477. The van der Waals surface area contributed by atoms with Crippen molar-refractivity contribution in [3.05, 3.63) is 24.8 Å². The second-order valence-electron chi connectivity index (χ2n) is 10.6. The lowest BCUT2D eigenvalue weighted by Crippen LogP contribution is -2.56.